The summed E-state index contributed by atoms with van der Waals surface area (Å²) in [5, 5.41) is 2.75. The van der Waals surface area contributed by atoms with Gasteiger partial charge < -0.3 is 0 Å². The van der Waals surface area contributed by atoms with Gasteiger partial charge in [-0.25, -0.2) is 4.98 Å². The van der Waals surface area contributed by atoms with Crippen LogP contribution in [0.25, 0.3) is 4.96 Å². The highest BCUT2D eigenvalue weighted by Crippen LogP contribution is 2.15. The molecule has 0 amide bonds. The summed E-state index contributed by atoms with van der Waals surface area (Å²) in [4.78, 5) is 22.6. The molecule has 1 fully saturated rings. The lowest BCUT2D eigenvalue weighted by molar-refractivity contribution is 0.121. The van der Waals surface area contributed by atoms with E-state index >= 15 is 0 Å². The van der Waals surface area contributed by atoms with Crippen molar-refractivity contribution in [2.24, 2.45) is 0 Å². The van der Waals surface area contributed by atoms with Crippen LogP contribution < -0.4 is 5.56 Å². The fourth-order valence-electron chi connectivity index (χ4n) is 3.36. The first-order valence-corrected chi connectivity index (χ1v) is 10.0. The Morgan fingerprint density at radius 1 is 1.08 bits per heavy atom. The van der Waals surface area contributed by atoms with Crippen LogP contribution in [0.1, 0.15) is 17.0 Å². The van der Waals surface area contributed by atoms with E-state index in [9.17, 15) is 4.79 Å². The number of nitrogens with zero attached hydrogens (tertiary/aromatic N) is 4. The molecule has 26 heavy (non-hydrogen) atoms. The molecule has 3 heterocycles. The Morgan fingerprint density at radius 3 is 2.42 bits per heavy atom. The first-order valence-electron chi connectivity index (χ1n) is 8.74. The first kappa shape index (κ1) is 17.7. The Balaban J connectivity index is 1.36. The fraction of sp³-hybridized carbons (Fsp3) is 0.368. The average molecular weight is 389 g/mol. The zero-order valence-electron chi connectivity index (χ0n) is 14.7. The van der Waals surface area contributed by atoms with Crippen LogP contribution in [0.2, 0.25) is 5.02 Å². The zero-order valence-corrected chi connectivity index (χ0v) is 16.3. The first-order chi connectivity index (χ1) is 12.6. The molecule has 0 radical (unpaired) electrons. The maximum atomic E-state index is 12.3. The molecule has 5 nitrogen and oxygen atoms in total. The summed E-state index contributed by atoms with van der Waals surface area (Å²) in [5.74, 6) is 0. The van der Waals surface area contributed by atoms with Crippen LogP contribution in [0.4, 0.5) is 0 Å². The number of aromatic nitrogens is 2. The second-order valence-electron chi connectivity index (χ2n) is 6.76. The maximum absolute atomic E-state index is 12.3. The second kappa shape index (κ2) is 7.48. The van der Waals surface area contributed by atoms with Gasteiger partial charge in [0.2, 0.25) is 0 Å². The number of rotatable bonds is 4. The Morgan fingerprint density at radius 2 is 1.73 bits per heavy atom. The topological polar surface area (TPSA) is 40.9 Å². The minimum atomic E-state index is 0.0186. The van der Waals surface area contributed by atoms with Crippen molar-refractivity contribution in [3.63, 3.8) is 0 Å². The van der Waals surface area contributed by atoms with Gasteiger partial charge >= 0.3 is 0 Å². The Kier molecular flexibility index (Phi) is 5.09. The summed E-state index contributed by atoms with van der Waals surface area (Å²) < 4.78 is 1.68. The Bertz CT molecular complexity index is 958. The van der Waals surface area contributed by atoms with Gasteiger partial charge in [0.25, 0.3) is 5.56 Å². The van der Waals surface area contributed by atoms with E-state index in [0.717, 1.165) is 60.6 Å². The third-order valence-corrected chi connectivity index (χ3v) is 5.99. The highest BCUT2D eigenvalue weighted by atomic mass is 35.5. The van der Waals surface area contributed by atoms with Gasteiger partial charge in [-0.3, -0.25) is 19.0 Å². The van der Waals surface area contributed by atoms with E-state index in [-0.39, 0.29) is 5.56 Å². The van der Waals surface area contributed by atoms with E-state index < -0.39 is 0 Å². The minimum absolute atomic E-state index is 0.0186. The Labute approximate surface area is 161 Å². The van der Waals surface area contributed by atoms with Crippen molar-refractivity contribution < 1.29 is 0 Å². The number of piperazine rings is 1. The molecule has 0 bridgehead atoms. The quantitative estimate of drug-likeness (QED) is 0.688. The van der Waals surface area contributed by atoms with Crippen LogP contribution in [0.15, 0.2) is 40.5 Å². The Hall–Kier alpha value is -1.73. The summed E-state index contributed by atoms with van der Waals surface area (Å²) in [7, 11) is 0. The van der Waals surface area contributed by atoms with Crippen LogP contribution in [-0.2, 0) is 13.1 Å². The van der Waals surface area contributed by atoms with Gasteiger partial charge in [-0.05, 0) is 24.6 Å². The molecule has 0 atom stereocenters. The van der Waals surface area contributed by atoms with Crippen molar-refractivity contribution in [1.82, 2.24) is 19.2 Å². The van der Waals surface area contributed by atoms with Crippen molar-refractivity contribution >= 4 is 27.9 Å². The zero-order chi connectivity index (χ0) is 18.1. The number of thiazole rings is 1. The normalized spacial score (nSPS) is 16.4. The van der Waals surface area contributed by atoms with Gasteiger partial charge in [-0.15, -0.1) is 11.3 Å². The highest BCUT2D eigenvalue weighted by molar-refractivity contribution is 7.15. The van der Waals surface area contributed by atoms with E-state index in [4.69, 9.17) is 11.6 Å². The smallest absolute Gasteiger partial charge is 0.259 e. The van der Waals surface area contributed by atoms with E-state index in [1.807, 2.05) is 24.4 Å². The van der Waals surface area contributed by atoms with Crippen LogP contribution in [0, 0.1) is 6.92 Å². The number of benzene rings is 1. The highest BCUT2D eigenvalue weighted by Gasteiger charge is 2.18. The molecule has 0 unspecified atom stereocenters. The van der Waals surface area contributed by atoms with Crippen LogP contribution in [0.3, 0.4) is 0 Å². The predicted octanol–water partition coefficient (Wildman–Crippen LogP) is 3.04. The lowest BCUT2D eigenvalue weighted by Crippen LogP contribution is -2.45. The summed E-state index contributed by atoms with van der Waals surface area (Å²) in [6.45, 7) is 7.62. The van der Waals surface area contributed by atoms with Gasteiger partial charge in [0, 0.05) is 61.4 Å². The lowest BCUT2D eigenvalue weighted by atomic mass is 10.2. The monoisotopic (exact) mass is 388 g/mol. The SMILES string of the molecule is Cc1csc2nc(CN3CCN(Cc4ccc(Cl)cc4)CC3)cc(=O)n12. The van der Waals surface area contributed by atoms with Gasteiger partial charge in [-0.1, -0.05) is 23.7 Å². The van der Waals surface area contributed by atoms with Gasteiger partial charge in [-0.2, -0.15) is 0 Å². The van der Waals surface area contributed by atoms with Crippen molar-refractivity contribution in [1.29, 1.82) is 0 Å². The summed E-state index contributed by atoms with van der Waals surface area (Å²) in [5.41, 5.74) is 3.12. The fourth-order valence-corrected chi connectivity index (χ4v) is 4.38. The summed E-state index contributed by atoms with van der Waals surface area (Å²) in [6.07, 6.45) is 0. The van der Waals surface area contributed by atoms with E-state index in [1.54, 1.807) is 10.5 Å². The minimum Gasteiger partial charge on any atom is -0.297 e. The van der Waals surface area contributed by atoms with Crippen molar-refractivity contribution in [3.8, 4) is 0 Å². The maximum Gasteiger partial charge on any atom is 0.259 e. The molecule has 136 valence electrons. The lowest BCUT2D eigenvalue weighted by Gasteiger charge is -2.34. The molecule has 1 saturated heterocycles. The molecule has 7 heteroatoms. The molecule has 1 aliphatic rings. The van der Waals surface area contributed by atoms with Gasteiger partial charge in [0.1, 0.15) is 0 Å². The van der Waals surface area contributed by atoms with Crippen LogP contribution >= 0.6 is 22.9 Å². The molecule has 0 spiro atoms. The number of aryl methyl sites for hydroxylation is 1. The molecular weight excluding hydrogens is 368 g/mol. The van der Waals surface area contributed by atoms with Crippen molar-refractivity contribution in [2.45, 2.75) is 20.0 Å². The molecule has 0 saturated carbocycles. The molecule has 2 aromatic heterocycles. The largest absolute Gasteiger partial charge is 0.297 e. The van der Waals surface area contributed by atoms with Crippen molar-refractivity contribution in [2.75, 3.05) is 26.2 Å². The van der Waals surface area contributed by atoms with Crippen LogP contribution in [0.5, 0.6) is 0 Å². The number of hydrogen-bond acceptors (Lipinski definition) is 5. The second-order valence-corrected chi connectivity index (χ2v) is 8.03. The van der Waals surface area contributed by atoms with Crippen molar-refractivity contribution in [3.05, 3.63) is 68.0 Å². The third-order valence-electron chi connectivity index (χ3n) is 4.80. The number of fused-ring (bicyclic) bond motifs is 1. The molecular formula is C19H21ClN4OS. The number of halogens is 1. The molecule has 0 aliphatic carbocycles. The van der Waals surface area contributed by atoms with E-state index in [2.05, 4.69) is 26.9 Å². The predicted molar refractivity (Wildman–Crippen MR) is 106 cm³/mol. The van der Waals surface area contributed by atoms with Gasteiger partial charge in [0.15, 0.2) is 4.96 Å². The summed E-state index contributed by atoms with van der Waals surface area (Å²) in [6, 6.07) is 9.74. The summed E-state index contributed by atoms with van der Waals surface area (Å²) >= 11 is 7.47. The van der Waals surface area contributed by atoms with Gasteiger partial charge in [0.05, 0.1) is 5.69 Å². The number of hydrogen-bond donors (Lipinski definition) is 0. The molecule has 1 aromatic carbocycles. The average Bonchev–Trinajstić information content (AvgIpc) is 3.00. The third kappa shape index (κ3) is 3.83. The van der Waals surface area contributed by atoms with E-state index in [1.165, 1.54) is 16.9 Å². The molecule has 1 aliphatic heterocycles. The van der Waals surface area contributed by atoms with E-state index in [0.29, 0.717) is 0 Å². The molecule has 3 aromatic rings. The standard InChI is InChI=1S/C19H21ClN4OS/c1-14-13-26-19-21-17(10-18(25)24(14)19)12-23-8-6-22(7-9-23)11-15-2-4-16(20)5-3-15/h2-5,10,13H,6-9,11-12H2,1H3. The molecule has 4 rings (SSSR count). The molecule has 0 N–H and O–H groups in total. The van der Waals surface area contributed by atoms with Crippen LogP contribution in [-0.4, -0.2) is 45.4 Å².